The van der Waals surface area contributed by atoms with Crippen LogP contribution < -0.4 is 14.5 Å². The van der Waals surface area contributed by atoms with Gasteiger partial charge in [0.25, 0.3) is 0 Å². The Bertz CT molecular complexity index is 3060. The molecule has 0 atom stereocenters. The number of hydrogen-bond acceptors (Lipinski definition) is 4. The zero-order valence-electron chi connectivity index (χ0n) is 41.8. The molecule has 0 saturated heterocycles. The molecular formula is C61H68N4O. The van der Waals surface area contributed by atoms with Crippen LogP contribution >= 0.6 is 0 Å². The SMILES string of the molecule is CC(C)(C)c1cc(N2CN(c3cccc(Oc4ccc5c6ccccc6n(-c6cc(C(C)(C)c7cc(C(C)(C)C)cc(C(C)(C)C)c7)ccn6)c5c4)c3)c3ccccc32)cc(C(C)(C)C)c1. The number of rotatable bonds is 7. The van der Waals surface area contributed by atoms with E-state index in [1.165, 1.54) is 55.8 Å². The average Bonchev–Trinajstić information content (AvgIpc) is 3.81. The highest BCUT2D eigenvalue weighted by Gasteiger charge is 2.32. The van der Waals surface area contributed by atoms with Crippen LogP contribution in [-0.2, 0) is 27.1 Å². The van der Waals surface area contributed by atoms with Crippen LogP contribution in [0.25, 0.3) is 27.6 Å². The smallest absolute Gasteiger partial charge is 0.137 e. The van der Waals surface area contributed by atoms with Gasteiger partial charge < -0.3 is 14.5 Å². The Morgan fingerprint density at radius 3 is 1.53 bits per heavy atom. The Morgan fingerprint density at radius 2 is 0.924 bits per heavy atom. The maximum Gasteiger partial charge on any atom is 0.137 e. The Morgan fingerprint density at radius 1 is 0.409 bits per heavy atom. The molecule has 0 radical (unpaired) electrons. The van der Waals surface area contributed by atoms with Crippen molar-refractivity contribution in [1.82, 2.24) is 9.55 Å². The van der Waals surface area contributed by atoms with Crippen LogP contribution in [0, 0.1) is 0 Å². The van der Waals surface area contributed by atoms with E-state index in [2.05, 4.69) is 251 Å². The van der Waals surface area contributed by atoms with Crippen molar-refractivity contribution in [3.05, 3.63) is 179 Å². The van der Waals surface area contributed by atoms with Gasteiger partial charge in [0.15, 0.2) is 0 Å². The number of anilines is 4. The molecule has 5 nitrogen and oxygen atoms in total. The van der Waals surface area contributed by atoms with Crippen molar-refractivity contribution in [3.8, 4) is 17.3 Å². The predicted molar refractivity (Wildman–Crippen MR) is 280 cm³/mol. The second-order valence-electron chi connectivity index (χ2n) is 23.2. The van der Waals surface area contributed by atoms with Crippen LogP contribution in [0.1, 0.15) is 130 Å². The second-order valence-corrected chi connectivity index (χ2v) is 23.2. The van der Waals surface area contributed by atoms with Gasteiger partial charge in [0.05, 0.1) is 22.4 Å². The third-order valence-electron chi connectivity index (χ3n) is 13.8. The van der Waals surface area contributed by atoms with Gasteiger partial charge in [0, 0.05) is 45.9 Å². The molecule has 9 rings (SSSR count). The second kappa shape index (κ2) is 15.9. The van der Waals surface area contributed by atoms with Crippen molar-refractivity contribution in [3.63, 3.8) is 0 Å². The van der Waals surface area contributed by atoms with E-state index in [9.17, 15) is 0 Å². The molecule has 0 bridgehead atoms. The number of fused-ring (bicyclic) bond motifs is 4. The Balaban J connectivity index is 1.07. The predicted octanol–water partition coefficient (Wildman–Crippen LogP) is 16.7. The van der Waals surface area contributed by atoms with Crippen molar-refractivity contribution in [2.24, 2.45) is 0 Å². The minimum atomic E-state index is -0.282. The molecule has 1 aliphatic heterocycles. The van der Waals surface area contributed by atoms with Crippen molar-refractivity contribution in [2.45, 2.75) is 124 Å². The minimum Gasteiger partial charge on any atom is -0.457 e. The van der Waals surface area contributed by atoms with E-state index < -0.39 is 0 Å². The van der Waals surface area contributed by atoms with Gasteiger partial charge in [0.2, 0.25) is 0 Å². The highest BCUT2D eigenvalue weighted by atomic mass is 16.5. The minimum absolute atomic E-state index is 0.0192. The zero-order valence-corrected chi connectivity index (χ0v) is 41.8. The lowest BCUT2D eigenvalue weighted by Gasteiger charge is -2.32. The first kappa shape index (κ1) is 44.9. The van der Waals surface area contributed by atoms with Gasteiger partial charge in [-0.25, -0.2) is 4.98 Å². The van der Waals surface area contributed by atoms with E-state index in [1.807, 2.05) is 6.20 Å². The van der Waals surface area contributed by atoms with Gasteiger partial charge >= 0.3 is 0 Å². The summed E-state index contributed by atoms with van der Waals surface area (Å²) in [5.41, 5.74) is 14.6. The van der Waals surface area contributed by atoms with E-state index >= 15 is 0 Å². The summed E-state index contributed by atoms with van der Waals surface area (Å²) in [6.07, 6.45) is 1.97. The molecule has 0 N–H and O–H groups in total. The van der Waals surface area contributed by atoms with E-state index in [-0.39, 0.29) is 27.1 Å². The fraction of sp³-hybridized carbons (Fsp3) is 0.328. The number of aromatic nitrogens is 2. The van der Waals surface area contributed by atoms with E-state index in [0.717, 1.165) is 39.4 Å². The molecule has 338 valence electrons. The van der Waals surface area contributed by atoms with Gasteiger partial charge in [0.1, 0.15) is 24.0 Å². The topological polar surface area (TPSA) is 33.5 Å². The first-order chi connectivity index (χ1) is 31.0. The molecule has 5 heteroatoms. The Hall–Kier alpha value is -6.33. The number of benzene rings is 6. The molecule has 0 unspecified atom stereocenters. The van der Waals surface area contributed by atoms with Crippen LogP contribution in [-0.4, -0.2) is 16.2 Å². The van der Waals surface area contributed by atoms with Gasteiger partial charge in [-0.2, -0.15) is 0 Å². The highest BCUT2D eigenvalue weighted by molar-refractivity contribution is 6.09. The van der Waals surface area contributed by atoms with Crippen molar-refractivity contribution in [1.29, 1.82) is 0 Å². The fourth-order valence-corrected chi connectivity index (χ4v) is 9.35. The van der Waals surface area contributed by atoms with Crippen molar-refractivity contribution < 1.29 is 4.74 Å². The fourth-order valence-electron chi connectivity index (χ4n) is 9.35. The molecule has 66 heavy (non-hydrogen) atoms. The lowest BCUT2D eigenvalue weighted by Crippen LogP contribution is -2.25. The van der Waals surface area contributed by atoms with Crippen molar-refractivity contribution in [2.75, 3.05) is 16.5 Å². The van der Waals surface area contributed by atoms with Crippen LogP contribution in [0.2, 0.25) is 0 Å². The molecule has 8 aromatic rings. The van der Waals surface area contributed by atoms with Gasteiger partial charge in [-0.3, -0.25) is 4.57 Å². The number of nitrogens with zero attached hydrogens (tertiary/aromatic N) is 4. The first-order valence-corrected chi connectivity index (χ1v) is 23.7. The summed E-state index contributed by atoms with van der Waals surface area (Å²) in [6.45, 7) is 33.1. The molecule has 1 aliphatic rings. The molecule has 2 aromatic heterocycles. The summed E-state index contributed by atoms with van der Waals surface area (Å²) in [4.78, 5) is 9.92. The zero-order chi connectivity index (χ0) is 47.1. The Kier molecular flexibility index (Phi) is 10.8. The van der Waals surface area contributed by atoms with Crippen LogP contribution in [0.3, 0.4) is 0 Å². The molecule has 0 saturated carbocycles. The lowest BCUT2D eigenvalue weighted by atomic mass is 9.72. The van der Waals surface area contributed by atoms with Gasteiger partial charge in [-0.1, -0.05) is 158 Å². The third-order valence-corrected chi connectivity index (χ3v) is 13.8. The summed E-state index contributed by atoms with van der Waals surface area (Å²) in [7, 11) is 0. The molecule has 0 amide bonds. The molecule has 0 fully saturated rings. The van der Waals surface area contributed by atoms with E-state index in [0.29, 0.717) is 6.67 Å². The molecule has 3 heterocycles. The number of para-hydroxylation sites is 3. The van der Waals surface area contributed by atoms with E-state index in [4.69, 9.17) is 9.72 Å². The lowest BCUT2D eigenvalue weighted by molar-refractivity contribution is 0.483. The standard InChI is InChI=1S/C61H68N4O/c1-57(2,3)41-30-42(58(4,5)6)33-45(32-41)61(13,14)40-28-29-62-56(36-40)65-52-23-16-15-22-50(52)51-27-26-49(38-55(51)65)66-48-21-19-20-46(37-48)63-39-64(54-25-18-17-24-53(54)63)47-34-43(59(7,8)9)31-44(35-47)60(10,11)12/h15-38H,39H2,1-14H3. The monoisotopic (exact) mass is 873 g/mol. The molecule has 6 aromatic carbocycles. The quantitative estimate of drug-likeness (QED) is 0.160. The third kappa shape index (κ3) is 8.38. The summed E-state index contributed by atoms with van der Waals surface area (Å²) < 4.78 is 9.12. The van der Waals surface area contributed by atoms with Crippen molar-refractivity contribution >= 4 is 44.6 Å². The summed E-state index contributed by atoms with van der Waals surface area (Å²) >= 11 is 0. The Labute approximate surface area is 394 Å². The largest absolute Gasteiger partial charge is 0.457 e. The molecular weight excluding hydrogens is 805 g/mol. The van der Waals surface area contributed by atoms with Gasteiger partial charge in [-0.05, 0) is 122 Å². The van der Waals surface area contributed by atoms with Gasteiger partial charge in [-0.15, -0.1) is 0 Å². The number of hydrogen-bond donors (Lipinski definition) is 0. The van der Waals surface area contributed by atoms with E-state index in [1.54, 1.807) is 0 Å². The normalized spacial score (nSPS) is 13.8. The van der Waals surface area contributed by atoms with Crippen LogP contribution in [0.5, 0.6) is 11.5 Å². The summed E-state index contributed by atoms with van der Waals surface area (Å²) in [6, 6.07) is 51.2. The van der Waals surface area contributed by atoms with Crippen LogP contribution in [0.15, 0.2) is 146 Å². The number of pyridine rings is 1. The first-order valence-electron chi connectivity index (χ1n) is 23.7. The average molecular weight is 873 g/mol. The molecule has 0 aliphatic carbocycles. The summed E-state index contributed by atoms with van der Waals surface area (Å²) in [5, 5.41) is 2.34. The maximum absolute atomic E-state index is 6.82. The number of ether oxygens (including phenoxy) is 1. The van der Waals surface area contributed by atoms with Crippen LogP contribution in [0.4, 0.5) is 22.7 Å². The maximum atomic E-state index is 6.82. The molecule has 0 spiro atoms. The highest BCUT2D eigenvalue weighted by Crippen LogP contribution is 2.47. The summed E-state index contributed by atoms with van der Waals surface area (Å²) in [5.74, 6) is 2.43.